The molecule has 2 saturated heterocycles. The molecule has 1 amide bonds. The van der Waals surface area contributed by atoms with Crippen LogP contribution in [0.25, 0.3) is 10.8 Å². The van der Waals surface area contributed by atoms with Gasteiger partial charge in [0.15, 0.2) is 0 Å². The molecule has 2 fully saturated rings. The summed E-state index contributed by atoms with van der Waals surface area (Å²) in [6, 6.07) is 17.7. The molecule has 3 aromatic rings. The molecule has 1 spiro atoms. The first-order valence-electron chi connectivity index (χ1n) is 11.7. The normalized spacial score (nSPS) is 17.9. The standard InChI is InChI=1S/C27H29ClN2O4/c1-3-33-24-16-19(15-21-23(32-2)10-9-22(28)25(21)24)17-29-13-11-27(12-14-29)18-30(26(31)34-27)20-7-5-4-6-8-20/h4-10,15-16H,3,11-14,17-18H2,1-2H3. The zero-order chi connectivity index (χ0) is 23.7. The summed E-state index contributed by atoms with van der Waals surface area (Å²) in [5.74, 6) is 1.55. The average Bonchev–Trinajstić information content (AvgIpc) is 3.17. The van der Waals surface area contributed by atoms with Crippen LogP contribution in [0, 0.1) is 0 Å². The summed E-state index contributed by atoms with van der Waals surface area (Å²) in [6.45, 7) is 5.61. The van der Waals surface area contributed by atoms with Crippen molar-refractivity contribution in [3.8, 4) is 11.5 Å². The topological polar surface area (TPSA) is 51.2 Å². The molecule has 7 heteroatoms. The van der Waals surface area contributed by atoms with Gasteiger partial charge in [-0.05, 0) is 48.9 Å². The minimum absolute atomic E-state index is 0.250. The number of fused-ring (bicyclic) bond motifs is 1. The van der Waals surface area contributed by atoms with Crippen LogP contribution in [0.2, 0.25) is 5.02 Å². The van der Waals surface area contributed by atoms with Crippen LogP contribution >= 0.6 is 11.6 Å². The summed E-state index contributed by atoms with van der Waals surface area (Å²) in [6.07, 6.45) is 1.37. The molecule has 0 radical (unpaired) electrons. The van der Waals surface area contributed by atoms with Crippen molar-refractivity contribution in [2.24, 2.45) is 0 Å². The van der Waals surface area contributed by atoms with Crippen molar-refractivity contribution in [1.29, 1.82) is 0 Å². The second-order valence-electron chi connectivity index (χ2n) is 8.95. The molecule has 2 aliphatic rings. The Kier molecular flexibility index (Phi) is 6.28. The molecule has 178 valence electrons. The van der Waals surface area contributed by atoms with E-state index in [0.29, 0.717) is 18.2 Å². The number of halogens is 1. The van der Waals surface area contributed by atoms with E-state index in [-0.39, 0.29) is 6.09 Å². The number of nitrogens with zero attached hydrogens (tertiary/aromatic N) is 2. The number of ether oxygens (including phenoxy) is 3. The predicted octanol–water partition coefficient (Wildman–Crippen LogP) is 5.89. The van der Waals surface area contributed by atoms with E-state index in [0.717, 1.165) is 66.0 Å². The fraction of sp³-hybridized carbons (Fsp3) is 0.370. The Morgan fingerprint density at radius 2 is 1.82 bits per heavy atom. The fourth-order valence-corrected chi connectivity index (χ4v) is 5.30. The Bertz CT molecular complexity index is 1190. The van der Waals surface area contributed by atoms with Crippen LogP contribution in [0.5, 0.6) is 11.5 Å². The monoisotopic (exact) mass is 480 g/mol. The number of benzene rings is 3. The van der Waals surface area contributed by atoms with Gasteiger partial charge in [-0.25, -0.2) is 4.79 Å². The third kappa shape index (κ3) is 4.28. The van der Waals surface area contributed by atoms with Gasteiger partial charge in [0.25, 0.3) is 0 Å². The lowest BCUT2D eigenvalue weighted by Gasteiger charge is -2.37. The molecular formula is C27H29ClN2O4. The maximum atomic E-state index is 12.6. The van der Waals surface area contributed by atoms with E-state index < -0.39 is 5.60 Å². The Morgan fingerprint density at radius 3 is 2.53 bits per heavy atom. The second kappa shape index (κ2) is 9.35. The largest absolute Gasteiger partial charge is 0.496 e. The average molecular weight is 481 g/mol. The fourth-order valence-electron chi connectivity index (χ4n) is 5.04. The van der Waals surface area contributed by atoms with Crippen LogP contribution in [0.3, 0.4) is 0 Å². The summed E-state index contributed by atoms with van der Waals surface area (Å²) in [5.41, 5.74) is 1.61. The van der Waals surface area contributed by atoms with E-state index in [9.17, 15) is 4.79 Å². The van der Waals surface area contributed by atoms with E-state index in [4.69, 9.17) is 25.8 Å². The number of hydrogen-bond donors (Lipinski definition) is 0. The molecule has 0 saturated carbocycles. The van der Waals surface area contributed by atoms with Crippen LogP contribution in [0.1, 0.15) is 25.3 Å². The number of piperidine rings is 1. The second-order valence-corrected chi connectivity index (χ2v) is 9.36. The maximum absolute atomic E-state index is 12.6. The molecule has 2 aliphatic heterocycles. The highest BCUT2D eigenvalue weighted by Gasteiger charge is 2.47. The Labute approximate surface area is 204 Å². The summed E-state index contributed by atoms with van der Waals surface area (Å²) >= 11 is 6.52. The van der Waals surface area contributed by atoms with Crippen molar-refractivity contribution < 1.29 is 19.0 Å². The molecule has 5 rings (SSSR count). The van der Waals surface area contributed by atoms with Gasteiger partial charge >= 0.3 is 6.09 Å². The molecule has 34 heavy (non-hydrogen) atoms. The van der Waals surface area contributed by atoms with Gasteiger partial charge in [-0.3, -0.25) is 9.80 Å². The Morgan fingerprint density at radius 1 is 1.06 bits per heavy atom. The molecule has 0 atom stereocenters. The number of anilines is 1. The van der Waals surface area contributed by atoms with E-state index in [2.05, 4.69) is 17.0 Å². The van der Waals surface area contributed by atoms with Gasteiger partial charge in [-0.1, -0.05) is 29.8 Å². The Balaban J connectivity index is 1.32. The third-order valence-electron chi connectivity index (χ3n) is 6.78. The smallest absolute Gasteiger partial charge is 0.415 e. The molecule has 0 N–H and O–H groups in total. The molecule has 0 bridgehead atoms. The van der Waals surface area contributed by atoms with E-state index in [1.807, 2.05) is 49.4 Å². The molecule has 0 aromatic heterocycles. The zero-order valence-electron chi connectivity index (χ0n) is 19.6. The van der Waals surface area contributed by atoms with Crippen LogP contribution in [-0.2, 0) is 11.3 Å². The quantitative estimate of drug-likeness (QED) is 0.440. The predicted molar refractivity (Wildman–Crippen MR) is 134 cm³/mol. The maximum Gasteiger partial charge on any atom is 0.415 e. The lowest BCUT2D eigenvalue weighted by atomic mass is 9.91. The van der Waals surface area contributed by atoms with Crippen molar-refractivity contribution in [3.63, 3.8) is 0 Å². The number of carbonyl (C=O) groups is 1. The number of hydrogen-bond acceptors (Lipinski definition) is 5. The molecule has 3 aromatic carbocycles. The van der Waals surface area contributed by atoms with Gasteiger partial charge in [-0.2, -0.15) is 0 Å². The summed E-state index contributed by atoms with van der Waals surface area (Å²) in [4.78, 5) is 16.7. The molecular weight excluding hydrogens is 452 g/mol. The number of likely N-dealkylation sites (tertiary alicyclic amines) is 1. The summed E-state index contributed by atoms with van der Waals surface area (Å²) in [7, 11) is 1.67. The van der Waals surface area contributed by atoms with E-state index in [1.165, 1.54) is 0 Å². The van der Waals surface area contributed by atoms with Crippen molar-refractivity contribution in [2.45, 2.75) is 31.9 Å². The van der Waals surface area contributed by atoms with E-state index >= 15 is 0 Å². The van der Waals surface area contributed by atoms with Crippen molar-refractivity contribution in [3.05, 3.63) is 65.2 Å². The van der Waals surface area contributed by atoms with Crippen molar-refractivity contribution >= 4 is 34.2 Å². The number of para-hydroxylation sites is 1. The molecule has 0 aliphatic carbocycles. The van der Waals surface area contributed by atoms with Gasteiger partial charge in [0, 0.05) is 48.9 Å². The van der Waals surface area contributed by atoms with Crippen LogP contribution in [-0.4, -0.2) is 49.9 Å². The van der Waals surface area contributed by atoms with Gasteiger partial charge < -0.3 is 14.2 Å². The number of rotatable bonds is 6. The lowest BCUT2D eigenvalue weighted by molar-refractivity contribution is -0.000979. The summed E-state index contributed by atoms with van der Waals surface area (Å²) in [5, 5.41) is 2.48. The first kappa shape index (κ1) is 22.8. The van der Waals surface area contributed by atoms with Crippen molar-refractivity contribution in [2.75, 3.05) is 38.3 Å². The summed E-state index contributed by atoms with van der Waals surface area (Å²) < 4.78 is 17.5. The van der Waals surface area contributed by atoms with Gasteiger partial charge in [-0.15, -0.1) is 0 Å². The van der Waals surface area contributed by atoms with Gasteiger partial charge in [0.2, 0.25) is 0 Å². The number of carbonyl (C=O) groups excluding carboxylic acids is 1. The molecule has 0 unspecified atom stereocenters. The third-order valence-corrected chi connectivity index (χ3v) is 7.09. The van der Waals surface area contributed by atoms with E-state index in [1.54, 1.807) is 12.0 Å². The van der Waals surface area contributed by atoms with Crippen molar-refractivity contribution in [1.82, 2.24) is 4.90 Å². The number of methoxy groups -OCH3 is 1. The molecule has 2 heterocycles. The SMILES string of the molecule is CCOc1cc(CN2CCC3(CC2)CN(c2ccccc2)C(=O)O3)cc2c(OC)ccc(Cl)c12. The van der Waals surface area contributed by atoms with Crippen LogP contribution in [0.4, 0.5) is 10.5 Å². The Hall–Kier alpha value is -2.96. The zero-order valence-corrected chi connectivity index (χ0v) is 20.3. The first-order chi connectivity index (χ1) is 16.5. The minimum atomic E-state index is -0.417. The van der Waals surface area contributed by atoms with Gasteiger partial charge in [0.1, 0.15) is 17.1 Å². The number of amides is 1. The highest BCUT2D eigenvalue weighted by Crippen LogP contribution is 2.40. The van der Waals surface area contributed by atoms with Crippen LogP contribution in [0.15, 0.2) is 54.6 Å². The minimum Gasteiger partial charge on any atom is -0.496 e. The lowest BCUT2D eigenvalue weighted by Crippen LogP contribution is -2.46. The van der Waals surface area contributed by atoms with Gasteiger partial charge in [0.05, 0.1) is 25.3 Å². The highest BCUT2D eigenvalue weighted by atomic mass is 35.5. The first-order valence-corrected chi connectivity index (χ1v) is 12.1. The van der Waals surface area contributed by atoms with Crippen LogP contribution < -0.4 is 14.4 Å². The highest BCUT2D eigenvalue weighted by molar-refractivity contribution is 6.36. The molecule has 6 nitrogen and oxygen atoms in total.